The van der Waals surface area contributed by atoms with Crippen molar-refractivity contribution >= 4 is 6.98 Å². The van der Waals surface area contributed by atoms with Crippen LogP contribution < -0.4 is 51.4 Å². The van der Waals surface area contributed by atoms with Crippen LogP contribution >= 0.6 is 0 Å². The molecular weight excluding hydrogens is 179 g/mol. The van der Waals surface area contributed by atoms with E-state index in [4.69, 9.17) is 0 Å². The average molecular weight is 192 g/mol. The van der Waals surface area contributed by atoms with E-state index in [-0.39, 0.29) is 57.3 Å². The fourth-order valence-corrected chi connectivity index (χ4v) is 1.000. The first-order valence-corrected chi connectivity index (χ1v) is 3.70. The molecule has 0 saturated heterocycles. The zero-order valence-corrected chi connectivity index (χ0v) is 10.5. The SMILES string of the molecule is CCC(CC)C[B-](F)(F)F.[K+]. The van der Waals surface area contributed by atoms with Crippen LogP contribution in [0.3, 0.4) is 0 Å². The van der Waals surface area contributed by atoms with Crippen molar-refractivity contribution in [1.29, 1.82) is 0 Å². The van der Waals surface area contributed by atoms with Crippen molar-refractivity contribution in [3.8, 4) is 0 Å². The fourth-order valence-electron chi connectivity index (χ4n) is 1.000. The van der Waals surface area contributed by atoms with Crippen molar-refractivity contribution in [1.82, 2.24) is 0 Å². The predicted molar refractivity (Wildman–Crippen MR) is 38.0 cm³/mol. The van der Waals surface area contributed by atoms with Crippen LogP contribution in [0.4, 0.5) is 12.9 Å². The van der Waals surface area contributed by atoms with Crippen LogP contribution in [0.2, 0.25) is 6.32 Å². The van der Waals surface area contributed by atoms with E-state index in [0.717, 1.165) is 0 Å². The molecule has 11 heavy (non-hydrogen) atoms. The molecule has 0 rings (SSSR count). The summed E-state index contributed by atoms with van der Waals surface area (Å²) < 4.78 is 35.2. The van der Waals surface area contributed by atoms with Gasteiger partial charge in [0, 0.05) is 0 Å². The topological polar surface area (TPSA) is 0 Å². The van der Waals surface area contributed by atoms with E-state index in [1.54, 1.807) is 13.8 Å². The molecule has 0 aromatic carbocycles. The van der Waals surface area contributed by atoms with Crippen molar-refractivity contribution in [2.24, 2.45) is 5.92 Å². The van der Waals surface area contributed by atoms with Gasteiger partial charge in [0.2, 0.25) is 0 Å². The number of halogens is 3. The summed E-state index contributed by atoms with van der Waals surface area (Å²) in [6, 6.07) is 0. The van der Waals surface area contributed by atoms with Crippen LogP contribution in [0.5, 0.6) is 0 Å². The summed E-state index contributed by atoms with van der Waals surface area (Å²) in [7, 11) is 0. The van der Waals surface area contributed by atoms with Gasteiger partial charge >= 0.3 is 58.4 Å². The van der Waals surface area contributed by atoms with Crippen LogP contribution in [0.15, 0.2) is 0 Å². The van der Waals surface area contributed by atoms with Gasteiger partial charge in [0.1, 0.15) is 0 Å². The molecule has 0 spiro atoms. The number of hydrogen-bond acceptors (Lipinski definition) is 0. The molecule has 0 heterocycles. The van der Waals surface area contributed by atoms with Crippen LogP contribution in [0.1, 0.15) is 26.7 Å². The summed E-state index contributed by atoms with van der Waals surface area (Å²) in [6.07, 6.45) is 0.711. The van der Waals surface area contributed by atoms with Gasteiger partial charge in [0.15, 0.2) is 0 Å². The van der Waals surface area contributed by atoms with Gasteiger partial charge in [-0.2, -0.15) is 0 Å². The summed E-state index contributed by atoms with van der Waals surface area (Å²) in [6.45, 7) is -0.951. The van der Waals surface area contributed by atoms with Crippen molar-refractivity contribution in [3.05, 3.63) is 0 Å². The van der Waals surface area contributed by atoms with Crippen LogP contribution in [0.25, 0.3) is 0 Å². The second-order valence-electron chi connectivity index (χ2n) is 2.63. The maximum atomic E-state index is 11.7. The van der Waals surface area contributed by atoms with Gasteiger partial charge < -0.3 is 12.9 Å². The largest absolute Gasteiger partial charge is 1.00 e. The molecule has 5 heteroatoms. The molecular formula is C6H13BF3K. The Morgan fingerprint density at radius 3 is 1.55 bits per heavy atom. The third kappa shape index (κ3) is 9.41. The number of rotatable bonds is 4. The molecule has 0 aliphatic heterocycles. The Balaban J connectivity index is 0. The molecule has 0 atom stereocenters. The van der Waals surface area contributed by atoms with Gasteiger partial charge in [-0.3, -0.25) is 0 Å². The maximum Gasteiger partial charge on any atom is 1.00 e. The second-order valence-corrected chi connectivity index (χ2v) is 2.63. The minimum atomic E-state index is -4.55. The Labute approximate surface area is 109 Å². The van der Waals surface area contributed by atoms with Gasteiger partial charge in [-0.15, -0.1) is 0 Å². The molecule has 0 unspecified atom stereocenters. The summed E-state index contributed by atoms with van der Waals surface area (Å²) in [4.78, 5) is 0. The van der Waals surface area contributed by atoms with E-state index in [1.165, 1.54) is 0 Å². The zero-order valence-electron chi connectivity index (χ0n) is 7.41. The zero-order chi connectivity index (χ0) is 8.20. The minimum Gasteiger partial charge on any atom is -0.449 e. The smallest absolute Gasteiger partial charge is 0.449 e. The van der Waals surface area contributed by atoms with E-state index >= 15 is 0 Å². The Kier molecular flexibility index (Phi) is 9.47. The monoisotopic (exact) mass is 192 g/mol. The Morgan fingerprint density at radius 1 is 1.09 bits per heavy atom. The third-order valence-electron chi connectivity index (χ3n) is 1.76. The van der Waals surface area contributed by atoms with Gasteiger partial charge in [-0.05, 0) is 0 Å². The average Bonchev–Trinajstić information content (AvgIpc) is 1.81. The Morgan fingerprint density at radius 2 is 1.45 bits per heavy atom. The van der Waals surface area contributed by atoms with Gasteiger partial charge in [0.25, 0.3) is 0 Å². The van der Waals surface area contributed by atoms with Crippen LogP contribution in [-0.4, -0.2) is 6.98 Å². The molecule has 0 radical (unpaired) electrons. The first kappa shape index (κ1) is 15.0. The third-order valence-corrected chi connectivity index (χ3v) is 1.76. The summed E-state index contributed by atoms with van der Waals surface area (Å²) in [5.41, 5.74) is 0. The van der Waals surface area contributed by atoms with E-state index in [1.807, 2.05) is 0 Å². The summed E-state index contributed by atoms with van der Waals surface area (Å²) in [5.74, 6) is -0.153. The maximum absolute atomic E-state index is 11.7. The van der Waals surface area contributed by atoms with E-state index in [2.05, 4.69) is 0 Å². The molecule has 0 amide bonds. The van der Waals surface area contributed by atoms with Gasteiger partial charge in [-0.1, -0.05) is 38.9 Å². The van der Waals surface area contributed by atoms with Crippen LogP contribution in [-0.2, 0) is 0 Å². The van der Waals surface area contributed by atoms with Crippen molar-refractivity contribution in [3.63, 3.8) is 0 Å². The molecule has 0 N–H and O–H groups in total. The first-order chi connectivity index (χ1) is 4.49. The first-order valence-electron chi connectivity index (χ1n) is 3.70. The normalized spacial score (nSPS) is 11.5. The standard InChI is InChI=1S/C6H13BF3.K/c1-3-6(4-2)5-7(8,9)10;/h6H,3-5H2,1-2H3;/q-1;+1. The summed E-state index contributed by atoms with van der Waals surface area (Å²) in [5, 5.41) is 0. The van der Waals surface area contributed by atoms with E-state index < -0.39 is 13.3 Å². The number of hydrogen-bond donors (Lipinski definition) is 0. The summed E-state index contributed by atoms with van der Waals surface area (Å²) >= 11 is 0. The molecule has 0 aromatic heterocycles. The Hall–Kier alpha value is 1.49. The van der Waals surface area contributed by atoms with Crippen molar-refractivity contribution < 1.29 is 64.3 Å². The molecule has 62 valence electrons. The molecule has 0 aromatic rings. The molecule has 0 fully saturated rings. The predicted octanol–water partition coefficient (Wildman–Crippen LogP) is 0.274. The fraction of sp³-hybridized carbons (Fsp3) is 1.00. The minimum absolute atomic E-state index is 0. The Bertz CT molecular complexity index is 90.3. The van der Waals surface area contributed by atoms with Crippen molar-refractivity contribution in [2.45, 2.75) is 33.0 Å². The molecule has 0 saturated carbocycles. The molecule has 0 bridgehead atoms. The second kappa shape index (κ2) is 6.95. The molecule has 0 nitrogen and oxygen atoms in total. The van der Waals surface area contributed by atoms with Gasteiger partial charge in [-0.25, -0.2) is 0 Å². The van der Waals surface area contributed by atoms with E-state index in [0.29, 0.717) is 12.8 Å². The van der Waals surface area contributed by atoms with Crippen LogP contribution in [0, 0.1) is 5.92 Å². The molecule has 0 aliphatic carbocycles. The van der Waals surface area contributed by atoms with Crippen molar-refractivity contribution in [2.75, 3.05) is 0 Å². The molecule has 0 aliphatic rings. The van der Waals surface area contributed by atoms with E-state index in [9.17, 15) is 12.9 Å². The quantitative estimate of drug-likeness (QED) is 0.561. The van der Waals surface area contributed by atoms with Gasteiger partial charge in [0.05, 0.1) is 0 Å².